The molecule has 0 fully saturated rings. The molecule has 0 bridgehead atoms. The average molecular weight is 333 g/mol. The van der Waals surface area contributed by atoms with Crippen LogP contribution in [-0.4, -0.2) is 43.7 Å². The van der Waals surface area contributed by atoms with Gasteiger partial charge in [0.15, 0.2) is 0 Å². The average Bonchev–Trinajstić information content (AvgIpc) is 3.08. The summed E-state index contributed by atoms with van der Waals surface area (Å²) in [6, 6.07) is 0. The summed E-state index contributed by atoms with van der Waals surface area (Å²) in [5.41, 5.74) is 0.899. The van der Waals surface area contributed by atoms with Gasteiger partial charge in [0.05, 0.1) is 18.5 Å². The van der Waals surface area contributed by atoms with Crippen LogP contribution in [0.25, 0.3) is 16.0 Å². The topological polar surface area (TPSA) is 92.6 Å². The van der Waals surface area contributed by atoms with Crippen LogP contribution >= 0.6 is 11.3 Å². The number of carbonyl (C=O) groups is 1. The number of hydrogen-bond donors (Lipinski definition) is 1. The van der Waals surface area contributed by atoms with Crippen LogP contribution < -0.4 is 5.56 Å². The largest absolute Gasteiger partial charge is 0.450 e. The van der Waals surface area contributed by atoms with Crippen molar-refractivity contribution in [3.05, 3.63) is 26.6 Å². The van der Waals surface area contributed by atoms with Gasteiger partial charge in [-0.15, -0.1) is 11.3 Å². The molecule has 120 valence electrons. The Balaban J connectivity index is 1.85. The minimum Gasteiger partial charge on any atom is -0.450 e. The van der Waals surface area contributed by atoms with Crippen molar-refractivity contribution in [3.8, 4) is 0 Å². The van der Waals surface area contributed by atoms with Crippen LogP contribution in [0.4, 0.5) is 4.79 Å². The number of aryl methyl sites for hydroxylation is 1. The number of carbonyl (C=O) groups excluding carboxylic acids is 1. The number of amides is 1. The molecule has 0 unspecified atom stereocenters. The molecule has 4 heterocycles. The highest BCUT2D eigenvalue weighted by Crippen LogP contribution is 2.32. The van der Waals surface area contributed by atoms with E-state index in [0.29, 0.717) is 47.9 Å². The first-order valence-corrected chi connectivity index (χ1v) is 8.21. The first-order chi connectivity index (χ1) is 11.1. The summed E-state index contributed by atoms with van der Waals surface area (Å²) in [6.07, 6.45) is 0.320. The molecule has 4 rings (SSSR count). The number of nitrogens with one attached hydrogen (secondary N) is 1. The maximum atomic E-state index is 12.8. The van der Waals surface area contributed by atoms with Crippen LogP contribution in [-0.2, 0) is 17.7 Å². The van der Waals surface area contributed by atoms with Gasteiger partial charge in [0.25, 0.3) is 5.56 Å². The fraction of sp³-hybridized carbons (Fsp3) is 0.429. The number of hydrogen-bond acceptors (Lipinski definition) is 6. The second kappa shape index (κ2) is 5.05. The number of aromatic nitrogens is 4. The maximum absolute atomic E-state index is 12.8. The van der Waals surface area contributed by atoms with Crippen molar-refractivity contribution in [1.29, 1.82) is 0 Å². The quantitative estimate of drug-likeness (QED) is 0.728. The van der Waals surface area contributed by atoms with E-state index >= 15 is 0 Å². The first kappa shape index (κ1) is 14.2. The van der Waals surface area contributed by atoms with Crippen molar-refractivity contribution in [2.75, 3.05) is 13.2 Å². The predicted molar refractivity (Wildman–Crippen MR) is 84.9 cm³/mol. The maximum Gasteiger partial charge on any atom is 0.410 e. The highest BCUT2D eigenvalue weighted by molar-refractivity contribution is 7.18. The molecule has 0 saturated heterocycles. The Morgan fingerprint density at radius 2 is 2.30 bits per heavy atom. The van der Waals surface area contributed by atoms with Gasteiger partial charge in [0.1, 0.15) is 10.7 Å². The van der Waals surface area contributed by atoms with Gasteiger partial charge < -0.3 is 9.64 Å². The summed E-state index contributed by atoms with van der Waals surface area (Å²) in [5.74, 6) is 1.03. The fourth-order valence-electron chi connectivity index (χ4n) is 2.97. The molecule has 0 radical (unpaired) electrons. The molecule has 9 heteroatoms. The number of thiophene rings is 1. The highest BCUT2D eigenvalue weighted by Gasteiger charge is 2.27. The van der Waals surface area contributed by atoms with Crippen molar-refractivity contribution in [1.82, 2.24) is 24.5 Å². The lowest BCUT2D eigenvalue weighted by Crippen LogP contribution is -2.36. The zero-order valence-electron chi connectivity index (χ0n) is 12.8. The summed E-state index contributed by atoms with van der Waals surface area (Å²) < 4.78 is 6.55. The molecule has 1 aliphatic rings. The molecule has 3 aromatic heterocycles. The number of H-pyrrole nitrogens is 1. The Hall–Kier alpha value is -2.42. The van der Waals surface area contributed by atoms with Crippen LogP contribution in [0.5, 0.6) is 0 Å². The summed E-state index contributed by atoms with van der Waals surface area (Å²) in [5, 5.41) is 7.46. The van der Waals surface area contributed by atoms with Gasteiger partial charge in [0, 0.05) is 11.4 Å². The van der Waals surface area contributed by atoms with Crippen LogP contribution in [0, 0.1) is 6.92 Å². The predicted octanol–water partition coefficient (Wildman–Crippen LogP) is 1.46. The normalized spacial score (nSPS) is 14.4. The van der Waals surface area contributed by atoms with Crippen LogP contribution in [0.15, 0.2) is 4.79 Å². The summed E-state index contributed by atoms with van der Waals surface area (Å²) in [4.78, 5) is 32.5. The summed E-state index contributed by atoms with van der Waals surface area (Å²) in [7, 11) is 0. The van der Waals surface area contributed by atoms with Gasteiger partial charge in [-0.25, -0.2) is 19.3 Å². The molecule has 0 spiro atoms. The van der Waals surface area contributed by atoms with E-state index in [2.05, 4.69) is 15.2 Å². The molecule has 0 atom stereocenters. The SMILES string of the molecule is CCOC(=O)N1CCc2c(sc3nc4[nH]nc(C)n4c(=O)c23)C1. The number of rotatable bonds is 1. The zero-order valence-corrected chi connectivity index (χ0v) is 13.6. The molecule has 23 heavy (non-hydrogen) atoms. The van der Waals surface area contributed by atoms with E-state index in [-0.39, 0.29) is 11.7 Å². The smallest absolute Gasteiger partial charge is 0.410 e. The third-order valence-electron chi connectivity index (χ3n) is 4.04. The molecule has 0 aromatic carbocycles. The van der Waals surface area contributed by atoms with E-state index in [1.54, 1.807) is 18.7 Å². The summed E-state index contributed by atoms with van der Waals surface area (Å²) >= 11 is 1.46. The molecule has 1 N–H and O–H groups in total. The van der Waals surface area contributed by atoms with E-state index in [0.717, 1.165) is 10.4 Å². The third-order valence-corrected chi connectivity index (χ3v) is 5.15. The van der Waals surface area contributed by atoms with Gasteiger partial charge in [-0.1, -0.05) is 0 Å². The lowest BCUT2D eigenvalue weighted by Gasteiger charge is -2.25. The van der Waals surface area contributed by atoms with Crippen LogP contribution in [0.1, 0.15) is 23.2 Å². The molecule has 0 aliphatic carbocycles. The number of fused-ring (bicyclic) bond motifs is 4. The second-order valence-electron chi connectivity index (χ2n) is 5.40. The first-order valence-electron chi connectivity index (χ1n) is 7.39. The third kappa shape index (κ3) is 2.03. The van der Waals surface area contributed by atoms with Crippen molar-refractivity contribution >= 4 is 33.4 Å². The minimum atomic E-state index is -0.313. The molecule has 1 amide bonds. The minimum absolute atomic E-state index is 0.0988. The molecule has 8 nitrogen and oxygen atoms in total. The zero-order chi connectivity index (χ0) is 16.1. The van der Waals surface area contributed by atoms with Gasteiger partial charge in [-0.3, -0.25) is 4.79 Å². The van der Waals surface area contributed by atoms with Gasteiger partial charge >= 0.3 is 6.09 Å². The Morgan fingerprint density at radius 3 is 3.09 bits per heavy atom. The monoisotopic (exact) mass is 333 g/mol. The Kier molecular flexibility index (Phi) is 3.12. The van der Waals surface area contributed by atoms with E-state index in [1.165, 1.54) is 15.7 Å². The molecule has 3 aromatic rings. The standard InChI is InChI=1S/C14H15N5O3S/c1-3-22-14(21)18-5-4-8-9(6-18)23-11-10(8)12(20)19-7(2)16-17-13(19)15-11/h3-6H2,1-2H3,(H,15,17). The van der Waals surface area contributed by atoms with Crippen LogP contribution in [0.3, 0.4) is 0 Å². The van der Waals surface area contributed by atoms with E-state index in [9.17, 15) is 9.59 Å². The van der Waals surface area contributed by atoms with E-state index in [1.807, 2.05) is 0 Å². The number of aromatic amines is 1. The Bertz CT molecular complexity index is 986. The number of ether oxygens (including phenoxy) is 1. The van der Waals surface area contributed by atoms with Crippen molar-refractivity contribution < 1.29 is 9.53 Å². The van der Waals surface area contributed by atoms with Gasteiger partial charge in [-0.05, 0) is 25.8 Å². The van der Waals surface area contributed by atoms with Gasteiger partial charge in [-0.2, -0.15) is 5.10 Å². The van der Waals surface area contributed by atoms with E-state index in [4.69, 9.17) is 4.74 Å². The second-order valence-corrected chi connectivity index (χ2v) is 6.48. The molecular formula is C14H15N5O3S. The Labute approximate surface area is 134 Å². The fourth-order valence-corrected chi connectivity index (χ4v) is 4.20. The van der Waals surface area contributed by atoms with Crippen LogP contribution in [0.2, 0.25) is 0 Å². The van der Waals surface area contributed by atoms with Crippen molar-refractivity contribution in [2.24, 2.45) is 0 Å². The lowest BCUT2D eigenvalue weighted by atomic mass is 10.1. The highest BCUT2D eigenvalue weighted by atomic mass is 32.1. The van der Waals surface area contributed by atoms with Crippen molar-refractivity contribution in [3.63, 3.8) is 0 Å². The number of nitrogens with zero attached hydrogens (tertiary/aromatic N) is 4. The lowest BCUT2D eigenvalue weighted by molar-refractivity contribution is 0.103. The molecular weight excluding hydrogens is 318 g/mol. The van der Waals surface area contributed by atoms with E-state index < -0.39 is 0 Å². The Morgan fingerprint density at radius 1 is 1.48 bits per heavy atom. The van der Waals surface area contributed by atoms with Crippen molar-refractivity contribution in [2.45, 2.75) is 26.8 Å². The molecule has 0 saturated carbocycles. The molecule has 1 aliphatic heterocycles. The summed E-state index contributed by atoms with van der Waals surface area (Å²) in [6.45, 7) is 4.92. The van der Waals surface area contributed by atoms with Gasteiger partial charge in [0.2, 0.25) is 5.78 Å².